The highest BCUT2D eigenvalue weighted by atomic mass is 79.9. The Morgan fingerprint density at radius 2 is 2.22 bits per heavy atom. The molecule has 1 N–H and O–H groups in total. The van der Waals surface area contributed by atoms with Gasteiger partial charge in [-0.25, -0.2) is 9.97 Å². The number of hydrogen-bond donors (Lipinski definition) is 1. The van der Waals surface area contributed by atoms with E-state index in [-0.39, 0.29) is 0 Å². The van der Waals surface area contributed by atoms with Crippen LogP contribution in [0.2, 0.25) is 0 Å². The SMILES string of the molecule is Cc1cc(Nc2nc(Br)cn3c(C)cnc23)sn1. The predicted molar refractivity (Wildman–Crippen MR) is 75.6 cm³/mol. The second-order valence-electron chi connectivity index (χ2n) is 3.96. The van der Waals surface area contributed by atoms with Gasteiger partial charge >= 0.3 is 0 Å². The molecule has 5 nitrogen and oxygen atoms in total. The van der Waals surface area contributed by atoms with Crippen molar-refractivity contribution >= 4 is 43.9 Å². The minimum atomic E-state index is 0.723. The summed E-state index contributed by atoms with van der Waals surface area (Å²) in [7, 11) is 0. The molecule has 0 bridgehead atoms. The molecule has 0 aliphatic carbocycles. The fourth-order valence-electron chi connectivity index (χ4n) is 1.70. The zero-order valence-corrected chi connectivity index (χ0v) is 12.2. The number of rotatable bonds is 2. The lowest BCUT2D eigenvalue weighted by atomic mass is 10.5. The van der Waals surface area contributed by atoms with E-state index in [0.29, 0.717) is 0 Å². The quantitative estimate of drug-likeness (QED) is 0.786. The highest BCUT2D eigenvalue weighted by Gasteiger charge is 2.10. The Bertz CT molecular complexity index is 717. The molecule has 92 valence electrons. The molecular formula is C11H10BrN5S. The Hall–Kier alpha value is -1.47. The van der Waals surface area contributed by atoms with Gasteiger partial charge in [0, 0.05) is 18.1 Å². The summed E-state index contributed by atoms with van der Waals surface area (Å²) < 4.78 is 6.99. The number of nitrogens with one attached hydrogen (secondary N) is 1. The van der Waals surface area contributed by atoms with Gasteiger partial charge in [-0.2, -0.15) is 4.37 Å². The van der Waals surface area contributed by atoms with Gasteiger partial charge in [-0.1, -0.05) is 0 Å². The highest BCUT2D eigenvalue weighted by Crippen LogP contribution is 2.25. The van der Waals surface area contributed by atoms with Gasteiger partial charge in [0.15, 0.2) is 11.5 Å². The lowest BCUT2D eigenvalue weighted by molar-refractivity contribution is 1.06. The van der Waals surface area contributed by atoms with E-state index >= 15 is 0 Å². The smallest absolute Gasteiger partial charge is 0.180 e. The number of anilines is 2. The van der Waals surface area contributed by atoms with Gasteiger partial charge in [0.05, 0.1) is 5.69 Å². The van der Waals surface area contributed by atoms with Crippen molar-refractivity contribution in [1.29, 1.82) is 0 Å². The summed E-state index contributed by atoms with van der Waals surface area (Å²) in [6.07, 6.45) is 3.73. The van der Waals surface area contributed by atoms with Crippen LogP contribution in [-0.2, 0) is 0 Å². The van der Waals surface area contributed by atoms with Crippen LogP contribution in [0.5, 0.6) is 0 Å². The summed E-state index contributed by atoms with van der Waals surface area (Å²) in [4.78, 5) is 8.78. The van der Waals surface area contributed by atoms with Gasteiger partial charge < -0.3 is 5.32 Å². The third-order valence-electron chi connectivity index (χ3n) is 2.52. The van der Waals surface area contributed by atoms with Crippen LogP contribution < -0.4 is 5.32 Å². The monoisotopic (exact) mass is 323 g/mol. The van der Waals surface area contributed by atoms with E-state index in [0.717, 1.165) is 32.5 Å². The molecule has 18 heavy (non-hydrogen) atoms. The maximum atomic E-state index is 4.42. The number of imidazole rings is 1. The van der Waals surface area contributed by atoms with Crippen LogP contribution >= 0.6 is 27.5 Å². The zero-order valence-electron chi connectivity index (χ0n) is 9.81. The van der Waals surface area contributed by atoms with Crippen molar-refractivity contribution < 1.29 is 0 Å². The number of aromatic nitrogens is 4. The van der Waals surface area contributed by atoms with Crippen LogP contribution in [0.25, 0.3) is 5.65 Å². The van der Waals surface area contributed by atoms with Crippen molar-refractivity contribution in [2.45, 2.75) is 13.8 Å². The minimum absolute atomic E-state index is 0.723. The lowest BCUT2D eigenvalue weighted by Gasteiger charge is -2.05. The average Bonchev–Trinajstić information content (AvgIpc) is 2.87. The van der Waals surface area contributed by atoms with Gasteiger partial charge in [-0.15, -0.1) is 0 Å². The highest BCUT2D eigenvalue weighted by molar-refractivity contribution is 9.10. The molecular weight excluding hydrogens is 314 g/mol. The van der Waals surface area contributed by atoms with E-state index in [4.69, 9.17) is 0 Å². The van der Waals surface area contributed by atoms with Gasteiger partial charge in [-0.3, -0.25) is 4.40 Å². The number of fused-ring (bicyclic) bond motifs is 1. The number of aryl methyl sites for hydroxylation is 2. The standard InChI is InChI=1S/C11H10BrN5S/c1-6-3-9(18-16-6)15-10-11-13-4-7(2)17(11)5-8(12)14-10/h3-5H,1-2H3,(H,14,15). The molecule has 3 rings (SSSR count). The van der Waals surface area contributed by atoms with E-state index in [9.17, 15) is 0 Å². The van der Waals surface area contributed by atoms with E-state index in [1.54, 1.807) is 0 Å². The first-order valence-electron chi connectivity index (χ1n) is 5.34. The van der Waals surface area contributed by atoms with Crippen LogP contribution in [0, 0.1) is 13.8 Å². The summed E-state index contributed by atoms with van der Waals surface area (Å²) in [5, 5.41) is 4.21. The first-order valence-corrected chi connectivity index (χ1v) is 6.90. The first kappa shape index (κ1) is 11.6. The Kier molecular flexibility index (Phi) is 2.79. The molecule has 0 fully saturated rings. The van der Waals surface area contributed by atoms with Crippen LogP contribution in [0.4, 0.5) is 10.8 Å². The third-order valence-corrected chi connectivity index (χ3v) is 3.70. The molecule has 0 amide bonds. The van der Waals surface area contributed by atoms with E-state index in [1.807, 2.05) is 36.7 Å². The van der Waals surface area contributed by atoms with Crippen molar-refractivity contribution in [3.05, 3.63) is 34.5 Å². The third kappa shape index (κ3) is 1.99. The van der Waals surface area contributed by atoms with Crippen molar-refractivity contribution in [2.24, 2.45) is 0 Å². The number of halogens is 1. The number of nitrogens with zero attached hydrogens (tertiary/aromatic N) is 4. The molecule has 0 unspecified atom stereocenters. The van der Waals surface area contributed by atoms with E-state index in [2.05, 4.69) is 35.6 Å². The second-order valence-corrected chi connectivity index (χ2v) is 5.58. The Morgan fingerprint density at radius 3 is 2.94 bits per heavy atom. The molecule has 0 saturated carbocycles. The Morgan fingerprint density at radius 1 is 1.39 bits per heavy atom. The van der Waals surface area contributed by atoms with Crippen LogP contribution in [-0.4, -0.2) is 18.7 Å². The van der Waals surface area contributed by atoms with Crippen molar-refractivity contribution in [2.75, 3.05) is 5.32 Å². The number of hydrogen-bond acceptors (Lipinski definition) is 5. The molecule has 0 aliphatic heterocycles. The fraction of sp³-hybridized carbons (Fsp3) is 0.182. The summed E-state index contributed by atoms with van der Waals surface area (Å²) in [6.45, 7) is 3.97. The molecule has 3 aromatic heterocycles. The van der Waals surface area contributed by atoms with Gasteiger partial charge in [0.25, 0.3) is 0 Å². The summed E-state index contributed by atoms with van der Waals surface area (Å²) in [6, 6.07) is 1.99. The van der Waals surface area contributed by atoms with Crippen molar-refractivity contribution in [3.8, 4) is 0 Å². The predicted octanol–water partition coefficient (Wildman–Crippen LogP) is 3.31. The molecule has 0 spiro atoms. The average molecular weight is 324 g/mol. The summed E-state index contributed by atoms with van der Waals surface area (Å²) in [5.74, 6) is 0.723. The Balaban J connectivity index is 2.10. The lowest BCUT2D eigenvalue weighted by Crippen LogP contribution is -1.98. The molecule has 3 aromatic rings. The molecule has 0 aromatic carbocycles. The summed E-state index contributed by atoms with van der Waals surface area (Å²) in [5.41, 5.74) is 2.87. The fourth-order valence-corrected chi connectivity index (χ4v) is 2.74. The van der Waals surface area contributed by atoms with Gasteiger partial charge in [-0.05, 0) is 47.4 Å². The Labute approximate surface area is 116 Å². The topological polar surface area (TPSA) is 55.1 Å². The molecule has 3 heterocycles. The van der Waals surface area contributed by atoms with E-state index in [1.165, 1.54) is 11.5 Å². The summed E-state index contributed by atoms with van der Waals surface area (Å²) >= 11 is 4.82. The van der Waals surface area contributed by atoms with E-state index < -0.39 is 0 Å². The second kappa shape index (κ2) is 4.33. The van der Waals surface area contributed by atoms with Crippen LogP contribution in [0.15, 0.2) is 23.1 Å². The largest absolute Gasteiger partial charge is 0.328 e. The first-order chi connectivity index (χ1) is 8.63. The maximum Gasteiger partial charge on any atom is 0.180 e. The van der Waals surface area contributed by atoms with Gasteiger partial charge in [0.2, 0.25) is 0 Å². The zero-order chi connectivity index (χ0) is 12.7. The minimum Gasteiger partial charge on any atom is -0.328 e. The molecule has 0 atom stereocenters. The van der Waals surface area contributed by atoms with Crippen LogP contribution in [0.1, 0.15) is 11.4 Å². The molecule has 7 heteroatoms. The molecule has 0 radical (unpaired) electrons. The van der Waals surface area contributed by atoms with Gasteiger partial charge in [0.1, 0.15) is 9.60 Å². The van der Waals surface area contributed by atoms with Crippen molar-refractivity contribution in [1.82, 2.24) is 18.7 Å². The maximum absolute atomic E-state index is 4.42. The van der Waals surface area contributed by atoms with Crippen LogP contribution in [0.3, 0.4) is 0 Å². The molecule has 0 saturated heterocycles. The normalized spacial score (nSPS) is 11.1. The molecule has 0 aliphatic rings. The van der Waals surface area contributed by atoms with Crippen molar-refractivity contribution in [3.63, 3.8) is 0 Å².